The number of ketones is 1. The molecule has 6 nitrogen and oxygen atoms in total. The summed E-state index contributed by atoms with van der Waals surface area (Å²) in [6, 6.07) is 10.3. The van der Waals surface area contributed by atoms with Crippen molar-refractivity contribution in [1.29, 1.82) is 0 Å². The van der Waals surface area contributed by atoms with E-state index in [4.69, 9.17) is 4.74 Å². The van der Waals surface area contributed by atoms with Gasteiger partial charge in [0, 0.05) is 11.3 Å². The van der Waals surface area contributed by atoms with Gasteiger partial charge in [-0.05, 0) is 42.5 Å². The number of thioether (sulfide) groups is 1. The number of ether oxygens (including phenoxy) is 1. The number of nitrogens with one attached hydrogen (secondary N) is 2. The van der Waals surface area contributed by atoms with Crippen molar-refractivity contribution in [3.8, 4) is 5.75 Å². The lowest BCUT2D eigenvalue weighted by atomic mass is 10.1. The number of hydrogen-bond acceptors (Lipinski definition) is 5. The van der Waals surface area contributed by atoms with Gasteiger partial charge in [0.25, 0.3) is 5.91 Å². The highest BCUT2D eigenvalue weighted by molar-refractivity contribution is 8.00. The largest absolute Gasteiger partial charge is 0.482 e. The maximum Gasteiger partial charge on any atom is 0.262 e. The fraction of sp³-hybridized carbons (Fsp3) is 0.167. The van der Waals surface area contributed by atoms with Crippen LogP contribution in [-0.2, 0) is 9.59 Å². The summed E-state index contributed by atoms with van der Waals surface area (Å²) in [7, 11) is 0. The number of amides is 2. The summed E-state index contributed by atoms with van der Waals surface area (Å²) in [5, 5.41) is 5.27. The smallest absolute Gasteiger partial charge is 0.262 e. The van der Waals surface area contributed by atoms with E-state index in [1.807, 2.05) is 0 Å². The number of halogens is 1. The van der Waals surface area contributed by atoms with Crippen LogP contribution in [0.15, 0.2) is 42.5 Å². The maximum absolute atomic E-state index is 12.8. The van der Waals surface area contributed by atoms with E-state index in [1.54, 1.807) is 18.2 Å². The molecule has 0 saturated carbocycles. The highest BCUT2D eigenvalue weighted by atomic mass is 32.2. The second-order valence-corrected chi connectivity index (χ2v) is 6.50. The predicted molar refractivity (Wildman–Crippen MR) is 97.3 cm³/mol. The molecule has 0 atom stereocenters. The van der Waals surface area contributed by atoms with Crippen LogP contribution in [0.25, 0.3) is 0 Å². The standard InChI is InChI=1S/C18H15FN2O4S/c19-12-2-4-13(5-3-12)20-18(24)10-26-9-15(22)11-1-6-16-14(7-11)21-17(23)8-25-16/h1-7H,8-10H2,(H,20,24)(H,21,23). The minimum atomic E-state index is -0.380. The molecule has 0 radical (unpaired) electrons. The van der Waals surface area contributed by atoms with Crippen LogP contribution in [0, 0.1) is 5.82 Å². The Kier molecular flexibility index (Phi) is 5.52. The lowest BCUT2D eigenvalue weighted by Gasteiger charge is -2.18. The zero-order chi connectivity index (χ0) is 18.5. The molecule has 0 spiro atoms. The molecule has 1 heterocycles. The van der Waals surface area contributed by atoms with E-state index in [-0.39, 0.29) is 41.5 Å². The molecule has 8 heteroatoms. The van der Waals surface area contributed by atoms with E-state index in [1.165, 1.54) is 36.0 Å². The van der Waals surface area contributed by atoms with E-state index >= 15 is 0 Å². The fourth-order valence-corrected chi connectivity index (χ4v) is 3.02. The van der Waals surface area contributed by atoms with Gasteiger partial charge in [-0.2, -0.15) is 0 Å². The Morgan fingerprint density at radius 2 is 1.92 bits per heavy atom. The number of carbonyl (C=O) groups excluding carboxylic acids is 3. The average Bonchev–Trinajstić information content (AvgIpc) is 2.63. The van der Waals surface area contributed by atoms with E-state index in [9.17, 15) is 18.8 Å². The highest BCUT2D eigenvalue weighted by Crippen LogP contribution is 2.28. The maximum atomic E-state index is 12.8. The molecule has 2 N–H and O–H groups in total. The van der Waals surface area contributed by atoms with Crippen molar-refractivity contribution in [2.75, 3.05) is 28.7 Å². The van der Waals surface area contributed by atoms with Crippen LogP contribution in [0.2, 0.25) is 0 Å². The number of rotatable bonds is 6. The number of hydrogen-bond donors (Lipinski definition) is 2. The molecule has 2 aromatic rings. The zero-order valence-electron chi connectivity index (χ0n) is 13.6. The lowest BCUT2D eigenvalue weighted by Crippen LogP contribution is -2.25. The Labute approximate surface area is 153 Å². The molecule has 2 aromatic carbocycles. The second-order valence-electron chi connectivity index (χ2n) is 5.52. The van der Waals surface area contributed by atoms with Gasteiger partial charge in [-0.3, -0.25) is 14.4 Å². The average molecular weight is 374 g/mol. The molecule has 0 saturated heterocycles. The third-order valence-corrected chi connectivity index (χ3v) is 4.46. The van der Waals surface area contributed by atoms with Crippen molar-refractivity contribution in [2.45, 2.75) is 0 Å². The van der Waals surface area contributed by atoms with Crippen LogP contribution < -0.4 is 15.4 Å². The molecule has 3 rings (SSSR count). The molecular formula is C18H15FN2O4S. The van der Waals surface area contributed by atoms with Gasteiger partial charge in [0.15, 0.2) is 12.4 Å². The summed E-state index contributed by atoms with van der Waals surface area (Å²) in [5.41, 5.74) is 1.39. The molecule has 1 aliphatic heterocycles. The van der Waals surface area contributed by atoms with E-state index in [0.717, 1.165) is 0 Å². The van der Waals surface area contributed by atoms with Crippen LogP contribution in [0.3, 0.4) is 0 Å². The quantitative estimate of drug-likeness (QED) is 0.760. The topological polar surface area (TPSA) is 84.5 Å². The van der Waals surface area contributed by atoms with Crippen molar-refractivity contribution in [3.05, 3.63) is 53.8 Å². The number of Topliss-reactive ketones (excluding diaryl/α,β-unsaturated/α-hetero) is 1. The first-order chi connectivity index (χ1) is 12.5. The summed E-state index contributed by atoms with van der Waals surface area (Å²) in [4.78, 5) is 35.4. The Balaban J connectivity index is 1.49. The van der Waals surface area contributed by atoms with Gasteiger partial charge in [-0.25, -0.2) is 4.39 Å². The van der Waals surface area contributed by atoms with Crippen LogP contribution >= 0.6 is 11.8 Å². The summed E-state index contributed by atoms with van der Waals surface area (Å²) in [6.45, 7) is -0.0423. The summed E-state index contributed by atoms with van der Waals surface area (Å²) < 4.78 is 18.1. The third kappa shape index (κ3) is 4.60. The van der Waals surface area contributed by atoms with Gasteiger partial charge in [-0.15, -0.1) is 11.8 Å². The molecule has 0 fully saturated rings. The first kappa shape index (κ1) is 17.9. The Bertz CT molecular complexity index is 855. The van der Waals surface area contributed by atoms with Gasteiger partial charge >= 0.3 is 0 Å². The van der Waals surface area contributed by atoms with Gasteiger partial charge in [0.1, 0.15) is 11.6 Å². The van der Waals surface area contributed by atoms with Crippen LogP contribution in [0.5, 0.6) is 5.75 Å². The first-order valence-electron chi connectivity index (χ1n) is 7.74. The minimum absolute atomic E-state index is 0.0423. The number of benzene rings is 2. The van der Waals surface area contributed by atoms with Crippen LogP contribution in [0.4, 0.5) is 15.8 Å². The predicted octanol–water partition coefficient (Wildman–Crippen LogP) is 2.71. The number of anilines is 2. The van der Waals surface area contributed by atoms with E-state index in [0.29, 0.717) is 22.7 Å². The van der Waals surface area contributed by atoms with Crippen molar-refractivity contribution in [1.82, 2.24) is 0 Å². The van der Waals surface area contributed by atoms with Crippen LogP contribution in [0.1, 0.15) is 10.4 Å². The van der Waals surface area contributed by atoms with Gasteiger partial charge in [-0.1, -0.05) is 0 Å². The zero-order valence-corrected chi connectivity index (χ0v) is 14.4. The summed E-state index contributed by atoms with van der Waals surface area (Å²) in [5.74, 6) is -0.359. The normalized spacial score (nSPS) is 12.6. The van der Waals surface area contributed by atoms with Gasteiger partial charge in [0.2, 0.25) is 5.91 Å². The number of fused-ring (bicyclic) bond motifs is 1. The SMILES string of the molecule is O=C(CSCC(=O)c1ccc2c(c1)NC(=O)CO2)Nc1ccc(F)cc1. The molecule has 0 aliphatic carbocycles. The highest BCUT2D eigenvalue weighted by Gasteiger charge is 2.18. The third-order valence-electron chi connectivity index (χ3n) is 3.53. The minimum Gasteiger partial charge on any atom is -0.482 e. The number of carbonyl (C=O) groups is 3. The summed E-state index contributed by atoms with van der Waals surface area (Å²) in [6.07, 6.45) is 0. The van der Waals surface area contributed by atoms with Crippen molar-refractivity contribution in [3.63, 3.8) is 0 Å². The van der Waals surface area contributed by atoms with E-state index < -0.39 is 0 Å². The lowest BCUT2D eigenvalue weighted by molar-refractivity contribution is -0.118. The molecule has 0 aromatic heterocycles. The first-order valence-corrected chi connectivity index (χ1v) is 8.90. The van der Waals surface area contributed by atoms with Gasteiger partial charge < -0.3 is 15.4 Å². The molecule has 134 valence electrons. The van der Waals surface area contributed by atoms with Gasteiger partial charge in [0.05, 0.1) is 17.2 Å². The Hall–Kier alpha value is -2.87. The molecule has 0 unspecified atom stereocenters. The van der Waals surface area contributed by atoms with Crippen molar-refractivity contribution >= 4 is 40.7 Å². The Morgan fingerprint density at radius 3 is 2.69 bits per heavy atom. The molecule has 0 bridgehead atoms. The van der Waals surface area contributed by atoms with Crippen molar-refractivity contribution in [2.24, 2.45) is 0 Å². The molecule has 1 aliphatic rings. The molecule has 2 amide bonds. The molecular weight excluding hydrogens is 359 g/mol. The molecule has 26 heavy (non-hydrogen) atoms. The van der Waals surface area contributed by atoms with E-state index in [2.05, 4.69) is 10.6 Å². The van der Waals surface area contributed by atoms with Crippen LogP contribution in [-0.4, -0.2) is 35.7 Å². The monoisotopic (exact) mass is 374 g/mol. The Morgan fingerprint density at radius 1 is 1.15 bits per heavy atom. The van der Waals surface area contributed by atoms with Crippen molar-refractivity contribution < 1.29 is 23.5 Å². The fourth-order valence-electron chi connectivity index (χ4n) is 2.31. The second kappa shape index (κ2) is 8.01. The summed E-state index contributed by atoms with van der Waals surface area (Å²) >= 11 is 1.17.